The van der Waals surface area contributed by atoms with Crippen LogP contribution in [0.2, 0.25) is 0 Å². The van der Waals surface area contributed by atoms with Crippen LogP contribution < -0.4 is 4.74 Å². The highest BCUT2D eigenvalue weighted by molar-refractivity contribution is 7.98. The Labute approximate surface area is 175 Å². The van der Waals surface area contributed by atoms with Gasteiger partial charge in [-0.15, -0.1) is 21.5 Å². The number of hydrogen-bond acceptors (Lipinski definition) is 5. The van der Waals surface area contributed by atoms with Crippen molar-refractivity contribution in [2.45, 2.75) is 17.3 Å². The monoisotopic (exact) mass is 429 g/mol. The van der Waals surface area contributed by atoms with Gasteiger partial charge >= 0.3 is 0 Å². The third-order valence-corrected chi connectivity index (χ3v) is 6.18. The number of rotatable bonds is 7. The van der Waals surface area contributed by atoms with Gasteiger partial charge in [0, 0.05) is 28.3 Å². The number of thiophene rings is 1. The predicted octanol–water partition coefficient (Wildman–Crippen LogP) is 5.50. The molecule has 4 nitrogen and oxygen atoms in total. The maximum atomic E-state index is 14.0. The molecule has 0 bridgehead atoms. The highest BCUT2D eigenvalue weighted by Crippen LogP contribution is 2.29. The average Bonchev–Trinajstić information content (AvgIpc) is 3.38. The molecule has 0 N–H and O–H groups in total. The maximum Gasteiger partial charge on any atom is 0.196 e. The van der Waals surface area contributed by atoms with Gasteiger partial charge in [-0.1, -0.05) is 23.9 Å². The smallest absolute Gasteiger partial charge is 0.196 e. The molecule has 148 valence electrons. The fourth-order valence-corrected chi connectivity index (χ4v) is 4.56. The molecular weight excluding hydrogens is 412 g/mol. The van der Waals surface area contributed by atoms with Crippen molar-refractivity contribution < 1.29 is 13.5 Å². The topological polar surface area (TPSA) is 39.9 Å². The highest BCUT2D eigenvalue weighted by Gasteiger charge is 2.17. The van der Waals surface area contributed by atoms with Gasteiger partial charge < -0.3 is 4.74 Å². The Morgan fingerprint density at radius 2 is 1.76 bits per heavy atom. The number of ether oxygens (including phenoxy) is 1. The molecule has 0 atom stereocenters. The molecule has 0 fully saturated rings. The highest BCUT2D eigenvalue weighted by atomic mass is 32.2. The molecule has 0 spiro atoms. The molecule has 0 aliphatic rings. The van der Waals surface area contributed by atoms with Gasteiger partial charge in [-0.05, 0) is 47.8 Å². The van der Waals surface area contributed by atoms with Crippen molar-refractivity contribution in [1.82, 2.24) is 14.8 Å². The van der Waals surface area contributed by atoms with Crippen LogP contribution in [-0.4, -0.2) is 21.9 Å². The van der Waals surface area contributed by atoms with E-state index in [1.165, 1.54) is 30.0 Å². The second kappa shape index (κ2) is 8.75. The molecule has 0 unspecified atom stereocenters. The minimum Gasteiger partial charge on any atom is -0.497 e. The quantitative estimate of drug-likeness (QED) is 0.364. The van der Waals surface area contributed by atoms with E-state index in [9.17, 15) is 8.78 Å². The molecule has 4 aromatic rings. The van der Waals surface area contributed by atoms with Gasteiger partial charge in [0.25, 0.3) is 0 Å². The van der Waals surface area contributed by atoms with Gasteiger partial charge in [-0.25, -0.2) is 8.78 Å². The molecule has 0 radical (unpaired) electrons. The van der Waals surface area contributed by atoms with Crippen molar-refractivity contribution in [3.8, 4) is 11.4 Å². The summed E-state index contributed by atoms with van der Waals surface area (Å²) in [6.45, 7) is 0. The first-order chi connectivity index (χ1) is 14.2. The summed E-state index contributed by atoms with van der Waals surface area (Å²) in [6.07, 6.45) is 0.616. The molecule has 2 aromatic carbocycles. The van der Waals surface area contributed by atoms with Crippen molar-refractivity contribution in [2.75, 3.05) is 7.11 Å². The van der Waals surface area contributed by atoms with E-state index in [4.69, 9.17) is 4.74 Å². The van der Waals surface area contributed by atoms with Gasteiger partial charge in [0.15, 0.2) is 5.16 Å². The first kappa shape index (κ1) is 19.6. The van der Waals surface area contributed by atoms with Gasteiger partial charge in [-0.3, -0.25) is 4.57 Å². The zero-order valence-corrected chi connectivity index (χ0v) is 17.1. The second-order valence-corrected chi connectivity index (χ2v) is 8.15. The molecular formula is C21H17F2N3OS2. The SMILES string of the molecule is COc1ccc(-n2c(Cc3cccs3)nnc2SCc2c(F)cccc2F)cc1. The van der Waals surface area contributed by atoms with Gasteiger partial charge in [0.2, 0.25) is 0 Å². The van der Waals surface area contributed by atoms with Crippen molar-refractivity contribution in [3.63, 3.8) is 0 Å². The first-order valence-corrected chi connectivity index (χ1v) is 10.7. The van der Waals surface area contributed by atoms with Crippen LogP contribution in [0, 0.1) is 11.6 Å². The number of aromatic nitrogens is 3. The fourth-order valence-electron chi connectivity index (χ4n) is 2.87. The molecule has 8 heteroatoms. The van der Waals surface area contributed by atoms with E-state index in [0.29, 0.717) is 11.6 Å². The lowest BCUT2D eigenvalue weighted by Crippen LogP contribution is -2.04. The van der Waals surface area contributed by atoms with Crippen molar-refractivity contribution in [1.29, 1.82) is 0 Å². The average molecular weight is 430 g/mol. The van der Waals surface area contributed by atoms with Crippen molar-refractivity contribution in [3.05, 3.63) is 87.9 Å². The number of nitrogens with zero attached hydrogens (tertiary/aromatic N) is 3. The van der Waals surface area contributed by atoms with E-state index < -0.39 is 11.6 Å². The molecule has 0 amide bonds. The van der Waals surface area contributed by atoms with Crippen LogP contribution in [0.5, 0.6) is 5.75 Å². The standard InChI is InChI=1S/C21H17F2N3OS2/c1-27-15-9-7-14(8-10-15)26-20(12-16-4-3-11-28-16)24-25-21(26)29-13-17-18(22)5-2-6-19(17)23/h2-11H,12-13H2,1H3. The minimum absolute atomic E-state index is 0.0292. The predicted molar refractivity (Wildman–Crippen MR) is 111 cm³/mol. The van der Waals surface area contributed by atoms with Crippen LogP contribution >= 0.6 is 23.1 Å². The lowest BCUT2D eigenvalue weighted by molar-refractivity contribution is 0.414. The van der Waals surface area contributed by atoms with Crippen molar-refractivity contribution >= 4 is 23.1 Å². The molecule has 2 aromatic heterocycles. The van der Waals surface area contributed by atoms with Crippen LogP contribution in [0.15, 0.2) is 65.1 Å². The van der Waals surface area contributed by atoms with E-state index >= 15 is 0 Å². The number of benzene rings is 2. The Bertz CT molecular complexity index is 1080. The van der Waals surface area contributed by atoms with E-state index in [0.717, 1.165) is 22.1 Å². The summed E-state index contributed by atoms with van der Waals surface area (Å²) in [5.74, 6) is 0.489. The molecule has 0 aliphatic carbocycles. The normalized spacial score (nSPS) is 11.0. The Kier molecular flexibility index (Phi) is 5.92. The van der Waals surface area contributed by atoms with Crippen LogP contribution in [0.4, 0.5) is 8.78 Å². The molecule has 2 heterocycles. The van der Waals surface area contributed by atoms with E-state index in [-0.39, 0.29) is 11.3 Å². The minimum atomic E-state index is -0.563. The molecule has 0 saturated heterocycles. The second-order valence-electron chi connectivity index (χ2n) is 6.18. The largest absolute Gasteiger partial charge is 0.497 e. The summed E-state index contributed by atoms with van der Waals surface area (Å²) in [6, 6.07) is 15.4. The number of methoxy groups -OCH3 is 1. The lowest BCUT2D eigenvalue weighted by Gasteiger charge is -2.11. The zero-order valence-electron chi connectivity index (χ0n) is 15.5. The number of hydrogen-bond donors (Lipinski definition) is 0. The molecule has 29 heavy (non-hydrogen) atoms. The summed E-state index contributed by atoms with van der Waals surface area (Å²) < 4.78 is 35.2. The van der Waals surface area contributed by atoms with Gasteiger partial charge in [0.05, 0.1) is 7.11 Å². The summed E-state index contributed by atoms with van der Waals surface area (Å²) in [5, 5.41) is 11.2. The van der Waals surface area contributed by atoms with Crippen molar-refractivity contribution in [2.24, 2.45) is 0 Å². The van der Waals surface area contributed by atoms with Crippen LogP contribution in [-0.2, 0) is 12.2 Å². The maximum absolute atomic E-state index is 14.0. The molecule has 0 aliphatic heterocycles. The van der Waals surface area contributed by atoms with Crippen LogP contribution in [0.3, 0.4) is 0 Å². The van der Waals surface area contributed by atoms with Crippen LogP contribution in [0.25, 0.3) is 5.69 Å². The lowest BCUT2D eigenvalue weighted by atomic mass is 10.2. The van der Waals surface area contributed by atoms with E-state index in [1.54, 1.807) is 18.4 Å². The summed E-state index contributed by atoms with van der Waals surface area (Å²) in [4.78, 5) is 1.16. The van der Waals surface area contributed by atoms with E-state index in [1.807, 2.05) is 46.3 Å². The van der Waals surface area contributed by atoms with E-state index in [2.05, 4.69) is 10.2 Å². The van der Waals surface area contributed by atoms with Gasteiger partial charge in [0.1, 0.15) is 23.2 Å². The molecule has 4 rings (SSSR count). The number of halogens is 2. The summed E-state index contributed by atoms with van der Waals surface area (Å²) in [5.41, 5.74) is 0.889. The third-order valence-electron chi connectivity index (χ3n) is 4.35. The Balaban J connectivity index is 1.68. The third kappa shape index (κ3) is 4.33. The van der Waals surface area contributed by atoms with Crippen LogP contribution in [0.1, 0.15) is 16.3 Å². The Morgan fingerprint density at radius 3 is 2.41 bits per heavy atom. The van der Waals surface area contributed by atoms with Gasteiger partial charge in [-0.2, -0.15) is 0 Å². The molecule has 0 saturated carbocycles. The fraction of sp³-hybridized carbons (Fsp3) is 0.143. The summed E-state index contributed by atoms with van der Waals surface area (Å²) >= 11 is 2.89. The Morgan fingerprint density at radius 1 is 1.00 bits per heavy atom. The zero-order chi connectivity index (χ0) is 20.2. The first-order valence-electron chi connectivity index (χ1n) is 8.82. The Hall–Kier alpha value is -2.71. The number of thioether (sulfide) groups is 1. The summed E-state index contributed by atoms with van der Waals surface area (Å²) in [7, 11) is 1.61.